The number of nitrogens with zero attached hydrogens (tertiary/aromatic N) is 6. The minimum atomic E-state index is 0.539. The molecule has 2 aromatic heterocycles. The molecule has 7 heteroatoms. The van der Waals surface area contributed by atoms with Gasteiger partial charge in [-0.2, -0.15) is 4.98 Å². The van der Waals surface area contributed by atoms with Crippen LogP contribution in [0.5, 0.6) is 0 Å². The molecule has 0 atom stereocenters. The molecule has 0 unspecified atom stereocenters. The van der Waals surface area contributed by atoms with Gasteiger partial charge in [0.15, 0.2) is 5.82 Å². The van der Waals surface area contributed by atoms with Crippen molar-refractivity contribution in [1.82, 2.24) is 29.8 Å². The van der Waals surface area contributed by atoms with Crippen molar-refractivity contribution < 1.29 is 4.52 Å². The number of hydrogen-bond acceptors (Lipinski definition) is 6. The Labute approximate surface area is 135 Å². The Morgan fingerprint density at radius 3 is 2.70 bits per heavy atom. The van der Waals surface area contributed by atoms with E-state index in [-0.39, 0.29) is 0 Å². The summed E-state index contributed by atoms with van der Waals surface area (Å²) >= 11 is 0. The van der Waals surface area contributed by atoms with E-state index in [1.54, 1.807) is 0 Å². The second-order valence-corrected chi connectivity index (χ2v) is 7.10. The Bertz CT molecular complexity index is 695. The van der Waals surface area contributed by atoms with Gasteiger partial charge in [0.1, 0.15) is 11.6 Å². The lowest BCUT2D eigenvalue weighted by Crippen LogP contribution is -2.33. The Kier molecular flexibility index (Phi) is 3.21. The highest BCUT2D eigenvalue weighted by Crippen LogP contribution is 2.39. The van der Waals surface area contributed by atoms with Crippen molar-refractivity contribution in [2.24, 2.45) is 0 Å². The number of fused-ring (bicyclic) bond motifs is 1. The molecule has 23 heavy (non-hydrogen) atoms. The standard InChI is InChI=1S/C16H22N6O/c1-2-14-18-19-15(22(14)7-1)11-5-8-21(9-6-11)10-13-17-16(23-20-13)12-3-4-12/h11-12H,1-10H2. The summed E-state index contributed by atoms with van der Waals surface area (Å²) < 4.78 is 7.70. The summed E-state index contributed by atoms with van der Waals surface area (Å²) in [7, 11) is 0. The first-order valence-corrected chi connectivity index (χ1v) is 8.83. The van der Waals surface area contributed by atoms with Gasteiger partial charge in [-0.25, -0.2) is 0 Å². The van der Waals surface area contributed by atoms with Crippen LogP contribution in [-0.2, 0) is 19.5 Å². The predicted octanol–water partition coefficient (Wildman–Crippen LogP) is 1.86. The van der Waals surface area contributed by atoms with Crippen molar-refractivity contribution in [2.45, 2.75) is 63.5 Å². The van der Waals surface area contributed by atoms with Crippen LogP contribution in [0.2, 0.25) is 0 Å². The van der Waals surface area contributed by atoms with Gasteiger partial charge in [0.25, 0.3) is 0 Å². The van der Waals surface area contributed by atoms with E-state index in [1.165, 1.54) is 30.9 Å². The lowest BCUT2D eigenvalue weighted by Gasteiger charge is -2.30. The van der Waals surface area contributed by atoms with Crippen LogP contribution < -0.4 is 0 Å². The number of likely N-dealkylation sites (tertiary alicyclic amines) is 1. The maximum Gasteiger partial charge on any atom is 0.229 e. The summed E-state index contributed by atoms with van der Waals surface area (Å²) in [6, 6.07) is 0. The Hall–Kier alpha value is -1.76. The predicted molar refractivity (Wildman–Crippen MR) is 81.9 cm³/mol. The van der Waals surface area contributed by atoms with Gasteiger partial charge < -0.3 is 9.09 Å². The van der Waals surface area contributed by atoms with Crippen molar-refractivity contribution in [2.75, 3.05) is 13.1 Å². The van der Waals surface area contributed by atoms with Gasteiger partial charge in [-0.3, -0.25) is 4.90 Å². The van der Waals surface area contributed by atoms with Crippen LogP contribution in [0.1, 0.15) is 67.3 Å². The van der Waals surface area contributed by atoms with Crippen molar-refractivity contribution in [1.29, 1.82) is 0 Å². The summed E-state index contributed by atoms with van der Waals surface area (Å²) in [5.74, 6) is 5.17. The average molecular weight is 314 g/mol. The zero-order chi connectivity index (χ0) is 15.2. The number of piperidine rings is 1. The smallest absolute Gasteiger partial charge is 0.229 e. The molecule has 2 aliphatic heterocycles. The van der Waals surface area contributed by atoms with Crippen molar-refractivity contribution in [3.05, 3.63) is 23.4 Å². The molecule has 3 aliphatic rings. The molecule has 1 saturated heterocycles. The molecule has 0 spiro atoms. The first-order chi connectivity index (χ1) is 11.4. The first kappa shape index (κ1) is 13.7. The van der Waals surface area contributed by atoms with Crippen molar-refractivity contribution >= 4 is 0 Å². The average Bonchev–Trinajstić information content (AvgIpc) is 2.97. The lowest BCUT2D eigenvalue weighted by atomic mass is 9.96. The van der Waals surface area contributed by atoms with Gasteiger partial charge in [-0.1, -0.05) is 5.16 Å². The summed E-state index contributed by atoms with van der Waals surface area (Å²) in [6.07, 6.45) is 7.01. The van der Waals surface area contributed by atoms with Gasteiger partial charge in [0.2, 0.25) is 5.89 Å². The maximum atomic E-state index is 5.35. The van der Waals surface area contributed by atoms with Crippen LogP contribution in [0.3, 0.4) is 0 Å². The van der Waals surface area contributed by atoms with E-state index in [1.807, 2.05) is 0 Å². The van der Waals surface area contributed by atoms with E-state index in [9.17, 15) is 0 Å². The summed E-state index contributed by atoms with van der Waals surface area (Å²) in [4.78, 5) is 6.97. The van der Waals surface area contributed by atoms with Crippen LogP contribution >= 0.6 is 0 Å². The third-order valence-corrected chi connectivity index (χ3v) is 5.37. The molecule has 0 N–H and O–H groups in total. The fourth-order valence-corrected chi connectivity index (χ4v) is 3.85. The third kappa shape index (κ3) is 2.56. The molecule has 0 radical (unpaired) electrons. The largest absolute Gasteiger partial charge is 0.339 e. The fraction of sp³-hybridized carbons (Fsp3) is 0.750. The Morgan fingerprint density at radius 1 is 1.00 bits per heavy atom. The van der Waals surface area contributed by atoms with E-state index < -0.39 is 0 Å². The molecule has 1 saturated carbocycles. The maximum absolute atomic E-state index is 5.35. The van der Waals surface area contributed by atoms with Gasteiger partial charge in [-0.15, -0.1) is 10.2 Å². The van der Waals surface area contributed by atoms with Gasteiger partial charge in [0, 0.05) is 24.8 Å². The van der Waals surface area contributed by atoms with Crippen LogP contribution in [0.15, 0.2) is 4.52 Å². The molecule has 7 nitrogen and oxygen atoms in total. The minimum Gasteiger partial charge on any atom is -0.339 e. The van der Waals surface area contributed by atoms with E-state index in [0.717, 1.165) is 57.2 Å². The molecular formula is C16H22N6O. The Morgan fingerprint density at radius 2 is 1.87 bits per heavy atom. The van der Waals surface area contributed by atoms with Gasteiger partial charge >= 0.3 is 0 Å². The summed E-state index contributed by atoms with van der Waals surface area (Å²) in [6.45, 7) is 4.05. The molecule has 4 heterocycles. The van der Waals surface area contributed by atoms with E-state index in [2.05, 4.69) is 29.8 Å². The molecule has 0 bridgehead atoms. The number of aromatic nitrogens is 5. The highest BCUT2D eigenvalue weighted by molar-refractivity contribution is 5.07. The molecule has 2 fully saturated rings. The SMILES string of the molecule is C1Cc2nnc(C3CCN(Cc4noc(C5CC5)n4)CC3)n2C1. The summed E-state index contributed by atoms with van der Waals surface area (Å²) in [5.41, 5.74) is 0. The summed E-state index contributed by atoms with van der Waals surface area (Å²) in [5, 5.41) is 12.9. The van der Waals surface area contributed by atoms with Gasteiger partial charge in [0.05, 0.1) is 6.54 Å². The molecular weight excluding hydrogens is 292 g/mol. The quantitative estimate of drug-likeness (QED) is 0.858. The normalized spacial score (nSPS) is 22.6. The zero-order valence-corrected chi connectivity index (χ0v) is 13.3. The van der Waals surface area contributed by atoms with Gasteiger partial charge in [-0.05, 0) is 45.2 Å². The molecule has 2 aromatic rings. The molecule has 0 amide bonds. The Balaban J connectivity index is 1.20. The highest BCUT2D eigenvalue weighted by Gasteiger charge is 2.31. The van der Waals surface area contributed by atoms with Crippen LogP contribution in [0.4, 0.5) is 0 Å². The topological polar surface area (TPSA) is 72.9 Å². The molecule has 122 valence electrons. The van der Waals surface area contributed by atoms with Crippen LogP contribution in [-0.4, -0.2) is 42.9 Å². The molecule has 1 aliphatic carbocycles. The molecule has 0 aromatic carbocycles. The van der Waals surface area contributed by atoms with E-state index >= 15 is 0 Å². The second kappa shape index (κ2) is 5.40. The number of aryl methyl sites for hydroxylation is 1. The second-order valence-electron chi connectivity index (χ2n) is 7.10. The van der Waals surface area contributed by atoms with E-state index in [0.29, 0.717) is 11.8 Å². The van der Waals surface area contributed by atoms with Crippen LogP contribution in [0, 0.1) is 0 Å². The third-order valence-electron chi connectivity index (χ3n) is 5.37. The minimum absolute atomic E-state index is 0.539. The lowest BCUT2D eigenvalue weighted by molar-refractivity contribution is 0.193. The first-order valence-electron chi connectivity index (χ1n) is 8.83. The molecule has 5 rings (SSSR count). The van der Waals surface area contributed by atoms with E-state index in [4.69, 9.17) is 4.52 Å². The fourth-order valence-electron chi connectivity index (χ4n) is 3.85. The monoisotopic (exact) mass is 314 g/mol. The van der Waals surface area contributed by atoms with Crippen LogP contribution in [0.25, 0.3) is 0 Å². The number of hydrogen-bond donors (Lipinski definition) is 0. The van der Waals surface area contributed by atoms with Crippen molar-refractivity contribution in [3.63, 3.8) is 0 Å². The van der Waals surface area contributed by atoms with Crippen molar-refractivity contribution in [3.8, 4) is 0 Å². The zero-order valence-electron chi connectivity index (χ0n) is 13.3. The highest BCUT2D eigenvalue weighted by atomic mass is 16.5. The number of rotatable bonds is 4.